The van der Waals surface area contributed by atoms with Crippen LogP contribution < -0.4 is 0 Å². The van der Waals surface area contributed by atoms with Crippen molar-refractivity contribution in [1.29, 1.82) is 0 Å². The molecule has 2 aliphatic rings. The zero-order valence-electron chi connectivity index (χ0n) is 14.0. The molecular formula is C18H25FN2O3. The summed E-state index contributed by atoms with van der Waals surface area (Å²) in [6.07, 6.45) is 2.25. The van der Waals surface area contributed by atoms with Crippen molar-refractivity contribution in [3.8, 4) is 0 Å². The molecule has 0 radical (unpaired) electrons. The van der Waals surface area contributed by atoms with Gasteiger partial charge in [-0.15, -0.1) is 0 Å². The third-order valence-electron chi connectivity index (χ3n) is 4.57. The van der Waals surface area contributed by atoms with Crippen molar-refractivity contribution in [2.24, 2.45) is 0 Å². The van der Waals surface area contributed by atoms with E-state index in [2.05, 4.69) is 4.90 Å². The van der Waals surface area contributed by atoms with E-state index in [1.54, 1.807) is 12.1 Å². The molecule has 1 amide bonds. The summed E-state index contributed by atoms with van der Waals surface area (Å²) in [6.45, 7) is 5.14. The lowest BCUT2D eigenvalue weighted by Crippen LogP contribution is -2.49. The van der Waals surface area contributed by atoms with Crippen molar-refractivity contribution in [1.82, 2.24) is 9.80 Å². The number of ether oxygens (including phenoxy) is 2. The first kappa shape index (κ1) is 17.3. The standard InChI is InChI=1S/C18H25FN2O3/c19-16-4-1-3-15(11-16)12-20-6-8-21(9-7-20)18(22)14-23-13-17-5-2-10-24-17/h1,3-4,11,17H,2,5-10,12-14H2/t17-/m1/s1. The smallest absolute Gasteiger partial charge is 0.248 e. The molecule has 2 aliphatic heterocycles. The van der Waals surface area contributed by atoms with Gasteiger partial charge in [0.2, 0.25) is 5.91 Å². The van der Waals surface area contributed by atoms with Gasteiger partial charge in [-0.2, -0.15) is 0 Å². The molecule has 6 heteroatoms. The molecule has 0 aliphatic carbocycles. The fourth-order valence-corrected chi connectivity index (χ4v) is 3.19. The quantitative estimate of drug-likeness (QED) is 0.792. The minimum Gasteiger partial charge on any atom is -0.376 e. The van der Waals surface area contributed by atoms with Crippen LogP contribution >= 0.6 is 0 Å². The Balaban J connectivity index is 1.35. The molecule has 132 valence electrons. The Bertz CT molecular complexity index is 541. The molecule has 0 saturated carbocycles. The first-order valence-electron chi connectivity index (χ1n) is 8.64. The predicted octanol–water partition coefficient (Wildman–Crippen LogP) is 1.67. The zero-order valence-corrected chi connectivity index (χ0v) is 14.0. The van der Waals surface area contributed by atoms with Gasteiger partial charge >= 0.3 is 0 Å². The summed E-state index contributed by atoms with van der Waals surface area (Å²) in [5.74, 6) is -0.164. The number of benzene rings is 1. The van der Waals surface area contributed by atoms with E-state index in [4.69, 9.17) is 9.47 Å². The number of carbonyl (C=O) groups excluding carboxylic acids is 1. The van der Waals surface area contributed by atoms with Crippen molar-refractivity contribution < 1.29 is 18.7 Å². The molecule has 3 rings (SSSR count). The Morgan fingerprint density at radius 3 is 2.83 bits per heavy atom. The minimum absolute atomic E-state index is 0.0402. The summed E-state index contributed by atoms with van der Waals surface area (Å²) in [4.78, 5) is 16.3. The van der Waals surface area contributed by atoms with Gasteiger partial charge in [-0.3, -0.25) is 9.69 Å². The van der Waals surface area contributed by atoms with Gasteiger partial charge in [-0.25, -0.2) is 4.39 Å². The van der Waals surface area contributed by atoms with Crippen LogP contribution in [0.25, 0.3) is 0 Å². The second-order valence-corrected chi connectivity index (χ2v) is 6.44. The largest absolute Gasteiger partial charge is 0.376 e. The molecule has 0 aromatic heterocycles. The summed E-state index contributed by atoms with van der Waals surface area (Å²) in [7, 11) is 0. The van der Waals surface area contributed by atoms with Crippen molar-refractivity contribution in [3.63, 3.8) is 0 Å². The van der Waals surface area contributed by atoms with Gasteiger partial charge in [0.05, 0.1) is 12.7 Å². The van der Waals surface area contributed by atoms with Crippen molar-refractivity contribution in [3.05, 3.63) is 35.6 Å². The second-order valence-electron chi connectivity index (χ2n) is 6.44. The SMILES string of the molecule is O=C(COC[C@H]1CCCO1)N1CCN(Cc2cccc(F)c2)CC1. The lowest BCUT2D eigenvalue weighted by molar-refractivity contribution is -0.139. The molecule has 0 N–H and O–H groups in total. The number of nitrogens with zero attached hydrogens (tertiary/aromatic N) is 2. The number of hydrogen-bond donors (Lipinski definition) is 0. The average Bonchev–Trinajstić information content (AvgIpc) is 3.09. The van der Waals surface area contributed by atoms with E-state index in [1.807, 2.05) is 11.0 Å². The second kappa shape index (κ2) is 8.55. The van der Waals surface area contributed by atoms with Gasteiger partial charge in [-0.05, 0) is 30.5 Å². The highest BCUT2D eigenvalue weighted by atomic mass is 19.1. The molecular weight excluding hydrogens is 311 g/mol. The summed E-state index contributed by atoms with van der Waals surface area (Å²) < 4.78 is 24.2. The Labute approximate surface area is 142 Å². The first-order valence-corrected chi connectivity index (χ1v) is 8.64. The Kier molecular flexibility index (Phi) is 6.18. The highest BCUT2D eigenvalue weighted by Gasteiger charge is 2.22. The topological polar surface area (TPSA) is 42.0 Å². The molecule has 5 nitrogen and oxygen atoms in total. The van der Waals surface area contributed by atoms with Crippen molar-refractivity contribution in [2.45, 2.75) is 25.5 Å². The zero-order chi connectivity index (χ0) is 16.8. The molecule has 0 unspecified atom stereocenters. The molecule has 1 aromatic rings. The first-order chi connectivity index (χ1) is 11.7. The number of carbonyl (C=O) groups is 1. The summed E-state index contributed by atoms with van der Waals surface area (Å²) >= 11 is 0. The number of hydrogen-bond acceptors (Lipinski definition) is 4. The number of piperazine rings is 1. The Morgan fingerprint density at radius 2 is 2.12 bits per heavy atom. The summed E-state index contributed by atoms with van der Waals surface area (Å²) in [5.41, 5.74) is 0.967. The molecule has 0 bridgehead atoms. The molecule has 24 heavy (non-hydrogen) atoms. The van der Waals surface area contributed by atoms with E-state index in [-0.39, 0.29) is 24.4 Å². The average molecular weight is 336 g/mol. The van der Waals surface area contributed by atoms with Crippen LogP contribution in [0.4, 0.5) is 4.39 Å². The maximum Gasteiger partial charge on any atom is 0.248 e. The van der Waals surface area contributed by atoms with Crippen LogP contribution in [0.5, 0.6) is 0 Å². The Morgan fingerprint density at radius 1 is 1.29 bits per heavy atom. The fourth-order valence-electron chi connectivity index (χ4n) is 3.19. The van der Waals surface area contributed by atoms with Gasteiger partial charge in [0.25, 0.3) is 0 Å². The maximum atomic E-state index is 13.2. The predicted molar refractivity (Wildman–Crippen MR) is 88.1 cm³/mol. The maximum absolute atomic E-state index is 13.2. The van der Waals surface area contributed by atoms with Gasteiger partial charge in [0.1, 0.15) is 12.4 Å². The van der Waals surface area contributed by atoms with Gasteiger partial charge in [-0.1, -0.05) is 12.1 Å². The van der Waals surface area contributed by atoms with Gasteiger partial charge < -0.3 is 14.4 Å². The van der Waals surface area contributed by atoms with Crippen molar-refractivity contribution in [2.75, 3.05) is 46.0 Å². The third kappa shape index (κ3) is 5.00. The van der Waals surface area contributed by atoms with Crippen LogP contribution in [0.2, 0.25) is 0 Å². The van der Waals surface area contributed by atoms with Crippen LogP contribution in [0.15, 0.2) is 24.3 Å². The van der Waals surface area contributed by atoms with Crippen LogP contribution in [0.3, 0.4) is 0 Å². The van der Waals surface area contributed by atoms with E-state index >= 15 is 0 Å². The molecule has 1 aromatic carbocycles. The highest BCUT2D eigenvalue weighted by molar-refractivity contribution is 5.77. The lowest BCUT2D eigenvalue weighted by Gasteiger charge is -2.34. The van der Waals surface area contributed by atoms with Gasteiger partial charge in [0.15, 0.2) is 0 Å². The monoisotopic (exact) mass is 336 g/mol. The van der Waals surface area contributed by atoms with Crippen LogP contribution in [-0.4, -0.2) is 67.8 Å². The molecule has 1 atom stereocenters. The lowest BCUT2D eigenvalue weighted by atomic mass is 10.2. The number of halogens is 1. The molecule has 0 spiro atoms. The van der Waals surface area contributed by atoms with E-state index in [0.29, 0.717) is 19.7 Å². The van der Waals surface area contributed by atoms with Gasteiger partial charge in [0, 0.05) is 39.3 Å². The summed E-state index contributed by atoms with van der Waals surface area (Å²) in [5, 5.41) is 0. The number of rotatable bonds is 6. The van der Waals surface area contributed by atoms with Crippen LogP contribution in [-0.2, 0) is 20.8 Å². The van der Waals surface area contributed by atoms with Crippen LogP contribution in [0.1, 0.15) is 18.4 Å². The van der Waals surface area contributed by atoms with Crippen molar-refractivity contribution >= 4 is 5.91 Å². The third-order valence-corrected chi connectivity index (χ3v) is 4.57. The minimum atomic E-state index is -0.204. The highest BCUT2D eigenvalue weighted by Crippen LogP contribution is 2.13. The fraction of sp³-hybridized carbons (Fsp3) is 0.611. The normalized spacial score (nSPS) is 22.0. The van der Waals surface area contributed by atoms with E-state index in [1.165, 1.54) is 6.07 Å². The van der Waals surface area contributed by atoms with E-state index in [9.17, 15) is 9.18 Å². The Hall–Kier alpha value is -1.50. The van der Waals surface area contributed by atoms with E-state index in [0.717, 1.165) is 44.6 Å². The molecule has 2 fully saturated rings. The summed E-state index contributed by atoms with van der Waals surface area (Å²) in [6, 6.07) is 6.68. The number of amides is 1. The van der Waals surface area contributed by atoms with Crippen LogP contribution in [0, 0.1) is 5.82 Å². The molecule has 2 heterocycles. The van der Waals surface area contributed by atoms with E-state index < -0.39 is 0 Å². The molecule has 2 saturated heterocycles.